The van der Waals surface area contributed by atoms with E-state index in [0.29, 0.717) is 19.6 Å². The topological polar surface area (TPSA) is 62.1 Å². The molecule has 1 atom stereocenters. The van der Waals surface area contributed by atoms with Crippen LogP contribution >= 0.6 is 0 Å². The lowest BCUT2D eigenvalue weighted by atomic mass is 10.1. The van der Waals surface area contributed by atoms with Gasteiger partial charge in [-0.2, -0.15) is 5.26 Å². The molecule has 1 N–H and O–H groups in total. The summed E-state index contributed by atoms with van der Waals surface area (Å²) in [6.45, 7) is 0.940. The molecule has 1 aliphatic heterocycles. The molecule has 1 aromatic rings. The highest BCUT2D eigenvalue weighted by atomic mass is 19.1. The molecule has 2 rings (SSSR count). The summed E-state index contributed by atoms with van der Waals surface area (Å²) in [4.78, 5) is 11.8. The van der Waals surface area contributed by atoms with Gasteiger partial charge in [-0.3, -0.25) is 4.79 Å². The monoisotopic (exact) mass is 234 g/mol. The van der Waals surface area contributed by atoms with Crippen molar-refractivity contribution in [3.63, 3.8) is 0 Å². The number of anilines is 1. The van der Waals surface area contributed by atoms with Gasteiger partial charge in [0.15, 0.2) is 0 Å². The molecule has 1 heterocycles. The lowest BCUT2D eigenvalue weighted by molar-refractivity contribution is -0.119. The van der Waals surface area contributed by atoms with Crippen molar-refractivity contribution in [1.82, 2.24) is 0 Å². The van der Waals surface area contributed by atoms with Gasteiger partial charge in [-0.1, -0.05) is 6.07 Å². The van der Waals surface area contributed by atoms with E-state index in [1.807, 2.05) is 0 Å². The van der Waals surface area contributed by atoms with Crippen molar-refractivity contribution in [3.05, 3.63) is 29.6 Å². The molecule has 4 nitrogen and oxygen atoms in total. The third-order valence-corrected chi connectivity index (χ3v) is 2.68. The van der Waals surface area contributed by atoms with Crippen molar-refractivity contribution in [2.45, 2.75) is 6.42 Å². The largest absolute Gasteiger partial charge is 0.381 e. The van der Waals surface area contributed by atoms with Gasteiger partial charge in [-0.05, 0) is 18.6 Å². The second-order valence-corrected chi connectivity index (χ2v) is 3.82. The number of nitrogens with one attached hydrogen (secondary N) is 1. The van der Waals surface area contributed by atoms with Crippen molar-refractivity contribution < 1.29 is 13.9 Å². The minimum Gasteiger partial charge on any atom is -0.381 e. The van der Waals surface area contributed by atoms with Crippen LogP contribution in [0.2, 0.25) is 0 Å². The highest BCUT2D eigenvalue weighted by Crippen LogP contribution is 2.20. The molecule has 1 unspecified atom stereocenters. The zero-order valence-corrected chi connectivity index (χ0v) is 9.07. The highest BCUT2D eigenvalue weighted by Gasteiger charge is 2.24. The minimum absolute atomic E-state index is 0.139. The van der Waals surface area contributed by atoms with Crippen LogP contribution < -0.4 is 5.32 Å². The molecule has 0 bridgehead atoms. The average Bonchev–Trinajstić information content (AvgIpc) is 2.82. The van der Waals surface area contributed by atoms with Gasteiger partial charge in [0.25, 0.3) is 0 Å². The Morgan fingerprint density at radius 3 is 3.06 bits per heavy atom. The number of rotatable bonds is 2. The van der Waals surface area contributed by atoms with Gasteiger partial charge in [-0.25, -0.2) is 4.39 Å². The first-order chi connectivity index (χ1) is 8.22. The van der Waals surface area contributed by atoms with Crippen LogP contribution in [0.25, 0.3) is 0 Å². The number of hydrogen-bond acceptors (Lipinski definition) is 3. The van der Waals surface area contributed by atoms with Gasteiger partial charge in [0.05, 0.1) is 18.2 Å². The number of ether oxygens (including phenoxy) is 1. The van der Waals surface area contributed by atoms with Gasteiger partial charge >= 0.3 is 0 Å². The van der Waals surface area contributed by atoms with E-state index >= 15 is 0 Å². The Balaban J connectivity index is 2.16. The number of carbonyl (C=O) groups excluding carboxylic acids is 1. The number of nitrogens with zero attached hydrogens (tertiary/aromatic N) is 1. The molecule has 88 valence electrons. The molecule has 5 heteroatoms. The van der Waals surface area contributed by atoms with Gasteiger partial charge < -0.3 is 10.1 Å². The molecular weight excluding hydrogens is 223 g/mol. The van der Waals surface area contributed by atoms with Gasteiger partial charge in [0, 0.05) is 6.61 Å². The average molecular weight is 234 g/mol. The van der Waals surface area contributed by atoms with E-state index in [2.05, 4.69) is 5.32 Å². The van der Waals surface area contributed by atoms with Gasteiger partial charge in [0.1, 0.15) is 17.4 Å². The smallest absolute Gasteiger partial charge is 0.229 e. The fraction of sp³-hybridized carbons (Fsp3) is 0.333. The normalized spacial score (nSPS) is 18.7. The Morgan fingerprint density at radius 1 is 1.59 bits per heavy atom. The molecule has 1 fully saturated rings. The summed E-state index contributed by atoms with van der Waals surface area (Å²) in [6, 6.07) is 5.89. The number of hydrogen-bond donors (Lipinski definition) is 1. The van der Waals surface area contributed by atoms with Crippen molar-refractivity contribution >= 4 is 11.6 Å². The lowest BCUT2D eigenvalue weighted by Crippen LogP contribution is -2.23. The third kappa shape index (κ3) is 2.43. The molecule has 0 saturated carbocycles. The fourth-order valence-corrected chi connectivity index (χ4v) is 1.72. The summed E-state index contributed by atoms with van der Waals surface area (Å²) in [5.74, 6) is -1.08. The highest BCUT2D eigenvalue weighted by molar-refractivity contribution is 5.94. The lowest BCUT2D eigenvalue weighted by Gasteiger charge is -2.10. The standard InChI is InChI=1S/C12H11FN2O2/c13-10-2-1-3-11(9(10)6-14)15-12(16)8-4-5-17-7-8/h1-3,8H,4-5,7H2,(H,15,16). The summed E-state index contributed by atoms with van der Waals surface area (Å²) in [5, 5.41) is 11.4. The molecule has 0 radical (unpaired) electrons. The van der Waals surface area contributed by atoms with Crippen LogP contribution in [0.15, 0.2) is 18.2 Å². The minimum atomic E-state index is -0.632. The Kier molecular flexibility index (Phi) is 3.35. The predicted octanol–water partition coefficient (Wildman–Crippen LogP) is 1.67. The van der Waals surface area contributed by atoms with Crippen LogP contribution in [0.5, 0.6) is 0 Å². The zero-order chi connectivity index (χ0) is 12.3. The van der Waals surface area contributed by atoms with Crippen LogP contribution in [0.3, 0.4) is 0 Å². The van der Waals surface area contributed by atoms with E-state index in [9.17, 15) is 9.18 Å². The van der Waals surface area contributed by atoms with Crippen molar-refractivity contribution in [2.75, 3.05) is 18.5 Å². The first-order valence-electron chi connectivity index (χ1n) is 5.29. The molecule has 17 heavy (non-hydrogen) atoms. The molecule has 1 saturated heterocycles. The summed E-state index contributed by atoms with van der Waals surface area (Å²) in [7, 11) is 0. The first-order valence-corrected chi connectivity index (χ1v) is 5.29. The summed E-state index contributed by atoms with van der Waals surface area (Å²) >= 11 is 0. The molecule has 1 aliphatic rings. The van der Waals surface area contributed by atoms with Crippen molar-refractivity contribution in [2.24, 2.45) is 5.92 Å². The van der Waals surface area contributed by atoms with Gasteiger partial charge in [-0.15, -0.1) is 0 Å². The molecule has 0 spiro atoms. The maximum Gasteiger partial charge on any atom is 0.229 e. The Morgan fingerprint density at radius 2 is 2.41 bits per heavy atom. The Hall–Kier alpha value is -1.93. The quantitative estimate of drug-likeness (QED) is 0.846. The summed E-state index contributed by atoms with van der Waals surface area (Å²) < 4.78 is 18.4. The number of carbonyl (C=O) groups is 1. The molecule has 1 amide bonds. The molecule has 1 aromatic carbocycles. The summed E-state index contributed by atoms with van der Waals surface area (Å²) in [6.07, 6.45) is 0.656. The van der Waals surface area contributed by atoms with E-state index in [0.717, 1.165) is 0 Å². The third-order valence-electron chi connectivity index (χ3n) is 2.68. The van der Waals surface area contributed by atoms with Crippen LogP contribution in [0.1, 0.15) is 12.0 Å². The zero-order valence-electron chi connectivity index (χ0n) is 9.07. The van der Waals surface area contributed by atoms with E-state index in [1.54, 1.807) is 6.07 Å². The van der Waals surface area contributed by atoms with E-state index in [-0.39, 0.29) is 23.1 Å². The summed E-state index contributed by atoms with van der Waals surface area (Å²) in [5.41, 5.74) is 0.0733. The first kappa shape index (κ1) is 11.6. The molecular formula is C12H11FN2O2. The van der Waals surface area contributed by atoms with Crippen molar-refractivity contribution in [1.29, 1.82) is 5.26 Å². The molecule has 0 aliphatic carbocycles. The van der Waals surface area contributed by atoms with Crippen molar-refractivity contribution in [3.8, 4) is 6.07 Å². The maximum atomic E-state index is 13.3. The van der Waals surface area contributed by atoms with Crippen LogP contribution in [0.4, 0.5) is 10.1 Å². The van der Waals surface area contributed by atoms with Crippen LogP contribution in [-0.2, 0) is 9.53 Å². The maximum absolute atomic E-state index is 13.3. The number of benzene rings is 1. The Labute approximate surface area is 98.0 Å². The van der Waals surface area contributed by atoms with E-state index < -0.39 is 5.82 Å². The van der Waals surface area contributed by atoms with Crippen LogP contribution in [0, 0.1) is 23.1 Å². The predicted molar refractivity (Wildman–Crippen MR) is 58.7 cm³/mol. The van der Waals surface area contributed by atoms with Gasteiger partial charge in [0.2, 0.25) is 5.91 Å². The SMILES string of the molecule is N#Cc1c(F)cccc1NC(=O)C1CCOC1. The van der Waals surface area contributed by atoms with E-state index in [4.69, 9.17) is 10.00 Å². The Bertz CT molecular complexity index is 476. The van der Waals surface area contributed by atoms with Crippen LogP contribution in [-0.4, -0.2) is 19.1 Å². The fourth-order valence-electron chi connectivity index (χ4n) is 1.72. The number of halogens is 1. The number of nitriles is 1. The number of amides is 1. The molecule has 0 aromatic heterocycles. The second kappa shape index (κ2) is 4.93. The van der Waals surface area contributed by atoms with E-state index in [1.165, 1.54) is 18.2 Å². The second-order valence-electron chi connectivity index (χ2n) is 3.82.